The highest BCUT2D eigenvalue weighted by Gasteiger charge is 2.41. The van der Waals surface area contributed by atoms with Gasteiger partial charge in [-0.3, -0.25) is 0 Å². The lowest BCUT2D eigenvalue weighted by Gasteiger charge is -2.12. The molecule has 1 rings (SSSR count). The Hall–Kier alpha value is -0.260. The van der Waals surface area contributed by atoms with E-state index in [9.17, 15) is 13.2 Å². The highest BCUT2D eigenvalue weighted by molar-refractivity contribution is 7.10. The molecular weight excluding hydrogens is 213 g/mol. The third-order valence-electron chi connectivity index (χ3n) is 1.20. The quantitative estimate of drug-likeness (QED) is 0.765. The highest BCUT2D eigenvalue weighted by atomic mass is 35.5. The van der Waals surface area contributed by atoms with Gasteiger partial charge in [0.1, 0.15) is 0 Å². The first-order chi connectivity index (χ1) is 5.43. The lowest BCUT2D eigenvalue weighted by atomic mass is 10.3. The maximum absolute atomic E-state index is 11.9. The number of rotatable bonds is 1. The van der Waals surface area contributed by atoms with Crippen LogP contribution in [-0.2, 0) is 0 Å². The maximum atomic E-state index is 11.9. The van der Waals surface area contributed by atoms with E-state index in [1.807, 2.05) is 0 Å². The van der Waals surface area contributed by atoms with Crippen LogP contribution in [-0.4, -0.2) is 11.3 Å². The number of hydrogen-bond acceptors (Lipinski definition) is 2. The Kier molecular flexibility index (Phi) is 2.65. The van der Waals surface area contributed by atoms with Crippen molar-refractivity contribution in [3.05, 3.63) is 21.3 Å². The first-order valence-corrected chi connectivity index (χ1v) is 4.16. The molecule has 1 atom stereocenters. The molecule has 0 unspecified atom stereocenters. The van der Waals surface area contributed by atoms with Crippen LogP contribution in [0.15, 0.2) is 11.4 Å². The average Bonchev–Trinajstić information content (AvgIpc) is 2.31. The van der Waals surface area contributed by atoms with E-state index in [1.54, 1.807) is 0 Å². The zero-order valence-corrected chi connectivity index (χ0v) is 7.17. The summed E-state index contributed by atoms with van der Waals surface area (Å²) in [6, 6.07) is 1.32. The van der Waals surface area contributed by atoms with Crippen molar-refractivity contribution in [2.45, 2.75) is 12.3 Å². The molecule has 0 radical (unpaired) electrons. The van der Waals surface area contributed by atoms with E-state index in [1.165, 1.54) is 11.4 Å². The molecule has 1 nitrogen and oxygen atoms in total. The highest BCUT2D eigenvalue weighted by Crippen LogP contribution is 2.38. The standard InChI is InChI=1S/C6H4ClF3OS/c7-3-1-2-12-4(3)5(11)6(8,9)10/h1-2,5,11H/t5-/m0/s1. The smallest absolute Gasteiger partial charge is 0.379 e. The van der Waals surface area contributed by atoms with Crippen LogP contribution in [0.5, 0.6) is 0 Å². The van der Waals surface area contributed by atoms with Crippen LogP contribution >= 0.6 is 22.9 Å². The zero-order chi connectivity index (χ0) is 9.35. The predicted molar refractivity (Wildman–Crippen MR) is 40.3 cm³/mol. The van der Waals surface area contributed by atoms with Crippen LogP contribution in [0.4, 0.5) is 13.2 Å². The van der Waals surface area contributed by atoms with Gasteiger partial charge in [-0.2, -0.15) is 13.2 Å². The van der Waals surface area contributed by atoms with E-state index in [2.05, 4.69) is 0 Å². The summed E-state index contributed by atoms with van der Waals surface area (Å²) in [6.45, 7) is 0. The molecule has 0 fully saturated rings. The molecule has 0 amide bonds. The Bertz CT molecular complexity index is 270. The summed E-state index contributed by atoms with van der Waals surface area (Å²) in [6.07, 6.45) is -7.11. The van der Waals surface area contributed by atoms with Crippen molar-refractivity contribution in [2.75, 3.05) is 0 Å². The minimum Gasteiger partial charge on any atom is -0.379 e. The molecule has 1 aromatic rings. The molecule has 0 aliphatic carbocycles. The summed E-state index contributed by atoms with van der Waals surface area (Å²) in [5.41, 5.74) is 0. The van der Waals surface area contributed by atoms with Crippen LogP contribution in [0.3, 0.4) is 0 Å². The molecule has 0 aliphatic heterocycles. The number of aliphatic hydroxyl groups is 1. The predicted octanol–water partition coefficient (Wildman–Crippen LogP) is 3.00. The Morgan fingerprint density at radius 1 is 1.50 bits per heavy atom. The second-order valence-corrected chi connectivity index (χ2v) is 3.43. The molecule has 0 saturated heterocycles. The molecule has 0 spiro atoms. The minimum absolute atomic E-state index is 0.0511. The molecule has 6 heteroatoms. The largest absolute Gasteiger partial charge is 0.419 e. The Labute approximate surface area is 75.4 Å². The van der Waals surface area contributed by atoms with E-state index in [0.717, 1.165) is 11.3 Å². The molecule has 0 aliphatic rings. The second-order valence-electron chi connectivity index (χ2n) is 2.08. The van der Waals surface area contributed by atoms with Gasteiger partial charge < -0.3 is 5.11 Å². The van der Waals surface area contributed by atoms with Gasteiger partial charge >= 0.3 is 6.18 Å². The van der Waals surface area contributed by atoms with Gasteiger partial charge in [-0.15, -0.1) is 11.3 Å². The normalized spacial score (nSPS) is 14.8. The van der Waals surface area contributed by atoms with Crippen molar-refractivity contribution in [3.63, 3.8) is 0 Å². The summed E-state index contributed by atoms with van der Waals surface area (Å²) >= 11 is 6.17. The van der Waals surface area contributed by atoms with Gasteiger partial charge in [0.25, 0.3) is 0 Å². The van der Waals surface area contributed by atoms with Crippen molar-refractivity contribution < 1.29 is 18.3 Å². The molecule has 12 heavy (non-hydrogen) atoms. The Morgan fingerprint density at radius 3 is 2.42 bits per heavy atom. The van der Waals surface area contributed by atoms with Crippen LogP contribution in [0.1, 0.15) is 11.0 Å². The number of thiophene rings is 1. The van der Waals surface area contributed by atoms with Crippen LogP contribution in [0.2, 0.25) is 5.02 Å². The number of aliphatic hydroxyl groups excluding tert-OH is 1. The summed E-state index contributed by atoms with van der Waals surface area (Å²) < 4.78 is 35.7. The first kappa shape index (κ1) is 9.83. The van der Waals surface area contributed by atoms with Gasteiger partial charge in [-0.05, 0) is 11.4 Å². The fourth-order valence-corrected chi connectivity index (χ4v) is 1.82. The first-order valence-electron chi connectivity index (χ1n) is 2.90. The molecule has 1 N–H and O–H groups in total. The lowest BCUT2D eigenvalue weighted by Crippen LogP contribution is -2.19. The lowest BCUT2D eigenvalue weighted by molar-refractivity contribution is -0.205. The Morgan fingerprint density at radius 2 is 2.08 bits per heavy atom. The second kappa shape index (κ2) is 3.24. The Balaban J connectivity index is 2.92. The molecule has 0 bridgehead atoms. The van der Waals surface area contributed by atoms with E-state index < -0.39 is 12.3 Å². The minimum atomic E-state index is -4.64. The van der Waals surface area contributed by atoms with Gasteiger partial charge in [0, 0.05) is 0 Å². The summed E-state index contributed by atoms with van der Waals surface area (Å²) in [5, 5.41) is 10.1. The van der Waals surface area contributed by atoms with Crippen LogP contribution < -0.4 is 0 Å². The van der Waals surface area contributed by atoms with Crippen LogP contribution in [0.25, 0.3) is 0 Å². The van der Waals surface area contributed by atoms with Crippen molar-refractivity contribution in [1.82, 2.24) is 0 Å². The van der Waals surface area contributed by atoms with Crippen molar-refractivity contribution in [2.24, 2.45) is 0 Å². The number of hydrogen-bond donors (Lipinski definition) is 1. The summed E-state index contributed by atoms with van der Waals surface area (Å²) in [5.74, 6) is 0. The fourth-order valence-electron chi connectivity index (χ4n) is 0.649. The van der Waals surface area contributed by atoms with Gasteiger partial charge in [0.15, 0.2) is 6.10 Å². The molecule has 1 heterocycles. The monoisotopic (exact) mass is 216 g/mol. The molecular formula is C6H4ClF3OS. The topological polar surface area (TPSA) is 20.2 Å². The molecule has 0 aromatic carbocycles. The third kappa shape index (κ3) is 1.91. The number of alkyl halides is 3. The molecule has 0 saturated carbocycles. The SMILES string of the molecule is O[C@@H](c1sccc1Cl)C(F)(F)F. The third-order valence-corrected chi connectivity index (χ3v) is 2.61. The van der Waals surface area contributed by atoms with E-state index in [-0.39, 0.29) is 9.90 Å². The fraction of sp³-hybridized carbons (Fsp3) is 0.333. The van der Waals surface area contributed by atoms with Gasteiger partial charge in [-0.1, -0.05) is 11.6 Å². The van der Waals surface area contributed by atoms with Crippen molar-refractivity contribution in [3.8, 4) is 0 Å². The average molecular weight is 217 g/mol. The molecule has 68 valence electrons. The summed E-state index contributed by atoms with van der Waals surface area (Å²) in [7, 11) is 0. The maximum Gasteiger partial charge on any atom is 0.419 e. The van der Waals surface area contributed by atoms with E-state index in [4.69, 9.17) is 16.7 Å². The zero-order valence-electron chi connectivity index (χ0n) is 5.60. The van der Waals surface area contributed by atoms with Crippen molar-refractivity contribution in [1.29, 1.82) is 0 Å². The number of halogens is 4. The van der Waals surface area contributed by atoms with Crippen molar-refractivity contribution >= 4 is 22.9 Å². The van der Waals surface area contributed by atoms with E-state index in [0.29, 0.717) is 0 Å². The molecule has 1 aromatic heterocycles. The van der Waals surface area contributed by atoms with E-state index >= 15 is 0 Å². The van der Waals surface area contributed by atoms with Gasteiger partial charge in [-0.25, -0.2) is 0 Å². The van der Waals surface area contributed by atoms with Crippen LogP contribution in [0, 0.1) is 0 Å². The summed E-state index contributed by atoms with van der Waals surface area (Å²) in [4.78, 5) is -0.260. The van der Waals surface area contributed by atoms with Gasteiger partial charge in [0.2, 0.25) is 0 Å². The van der Waals surface area contributed by atoms with Gasteiger partial charge in [0.05, 0.1) is 9.90 Å².